The van der Waals surface area contributed by atoms with Crippen molar-refractivity contribution in [2.45, 2.75) is 104 Å². The zero-order chi connectivity index (χ0) is 31.2. The average Bonchev–Trinajstić information content (AvgIpc) is 3.34. The van der Waals surface area contributed by atoms with Gasteiger partial charge in [0.05, 0.1) is 40.9 Å². The summed E-state index contributed by atoms with van der Waals surface area (Å²) in [4.78, 5) is 22.8. The molecule has 1 aromatic carbocycles. The molecule has 0 spiro atoms. The molecule has 1 atom stereocenters. The van der Waals surface area contributed by atoms with Gasteiger partial charge < -0.3 is 14.5 Å². The number of benzene rings is 1. The van der Waals surface area contributed by atoms with Gasteiger partial charge in [-0.3, -0.25) is 4.98 Å². The molecule has 3 aromatic heterocycles. The molecule has 0 aliphatic heterocycles. The number of rotatable bonds is 6. The lowest BCUT2D eigenvalue weighted by atomic mass is 9.81. The molecule has 0 bridgehead atoms. The number of nitrogens with zero attached hydrogens (tertiary/aromatic N) is 4. The van der Waals surface area contributed by atoms with Crippen LogP contribution in [-0.2, 0) is 27.7 Å². The molecule has 1 aliphatic carbocycles. The standard InChI is InChI=1S/C34H45N5O3Si/c1-32(2,3)42-31(40)38-34(7)19-11-12-23-17-18-27(37-30(23)34)24-15-16-25-21-35-39(28(25)20-24)29-14-10-13-26(36-29)22-41-43(8,9)33(4,5)6/h10,13-18,20-21H,11-12,19,22H2,1-9H3,(H,38,40). The number of hydrogen-bond donors (Lipinski definition) is 1. The highest BCUT2D eigenvalue weighted by Gasteiger charge is 2.38. The SMILES string of the molecule is CC(C)(C)OC(=O)NC1(C)CCCc2ccc(-c3ccc4cnn(-c5cccc(CO[Si](C)(C)C(C)(C)C)n5)c4c3)nc21. The largest absolute Gasteiger partial charge is 0.444 e. The van der Waals surface area contributed by atoms with Gasteiger partial charge >= 0.3 is 6.09 Å². The van der Waals surface area contributed by atoms with Gasteiger partial charge in [-0.2, -0.15) is 5.10 Å². The second kappa shape index (κ2) is 11.2. The summed E-state index contributed by atoms with van der Waals surface area (Å²) in [6.07, 6.45) is 4.13. The predicted molar refractivity (Wildman–Crippen MR) is 174 cm³/mol. The van der Waals surface area contributed by atoms with E-state index in [-0.39, 0.29) is 5.04 Å². The molecule has 1 unspecified atom stereocenters. The fraction of sp³-hybridized carbons (Fsp3) is 0.471. The fourth-order valence-corrected chi connectivity index (χ4v) is 6.17. The van der Waals surface area contributed by atoms with E-state index in [1.807, 2.05) is 56.8 Å². The third kappa shape index (κ3) is 6.67. The zero-order valence-electron chi connectivity index (χ0n) is 27.0. The molecule has 4 aromatic rings. The van der Waals surface area contributed by atoms with Crippen LogP contribution in [0.5, 0.6) is 0 Å². The first-order valence-electron chi connectivity index (χ1n) is 15.1. The summed E-state index contributed by atoms with van der Waals surface area (Å²) < 4.78 is 13.9. The van der Waals surface area contributed by atoms with Crippen molar-refractivity contribution in [1.82, 2.24) is 25.1 Å². The summed E-state index contributed by atoms with van der Waals surface area (Å²) in [7, 11) is -1.90. The van der Waals surface area contributed by atoms with Crippen molar-refractivity contribution in [1.29, 1.82) is 0 Å². The van der Waals surface area contributed by atoms with E-state index < -0.39 is 25.6 Å². The molecular weight excluding hydrogens is 554 g/mol. The minimum absolute atomic E-state index is 0.132. The van der Waals surface area contributed by atoms with E-state index in [1.54, 1.807) is 0 Å². The highest BCUT2D eigenvalue weighted by Crippen LogP contribution is 2.38. The molecule has 3 heterocycles. The van der Waals surface area contributed by atoms with Crippen molar-refractivity contribution in [2.75, 3.05) is 0 Å². The van der Waals surface area contributed by atoms with Crippen LogP contribution in [-0.4, -0.2) is 39.8 Å². The number of pyridine rings is 2. The normalized spacial score (nSPS) is 17.5. The van der Waals surface area contributed by atoms with E-state index in [4.69, 9.17) is 19.1 Å². The number of aryl methyl sites for hydroxylation is 1. The molecule has 8 nitrogen and oxygen atoms in total. The molecule has 0 fully saturated rings. The van der Waals surface area contributed by atoms with Gasteiger partial charge in [-0.25, -0.2) is 14.5 Å². The molecule has 1 amide bonds. The van der Waals surface area contributed by atoms with E-state index in [1.165, 1.54) is 0 Å². The summed E-state index contributed by atoms with van der Waals surface area (Å²) in [6.45, 7) is 19.4. The topological polar surface area (TPSA) is 91.2 Å². The molecule has 0 saturated heterocycles. The minimum atomic E-state index is -1.90. The van der Waals surface area contributed by atoms with Crippen LogP contribution in [0.15, 0.2) is 54.7 Å². The highest BCUT2D eigenvalue weighted by molar-refractivity contribution is 6.74. The number of aromatic nitrogens is 4. The van der Waals surface area contributed by atoms with Gasteiger partial charge in [-0.1, -0.05) is 45.0 Å². The van der Waals surface area contributed by atoms with E-state index in [9.17, 15) is 4.79 Å². The molecule has 1 aliphatic rings. The maximum Gasteiger partial charge on any atom is 0.408 e. The van der Waals surface area contributed by atoms with Gasteiger partial charge in [0.2, 0.25) is 0 Å². The van der Waals surface area contributed by atoms with Crippen LogP contribution in [0, 0.1) is 0 Å². The van der Waals surface area contributed by atoms with Crippen LogP contribution < -0.4 is 5.32 Å². The Morgan fingerprint density at radius 2 is 1.81 bits per heavy atom. The molecule has 5 rings (SSSR count). The lowest BCUT2D eigenvalue weighted by Gasteiger charge is -2.36. The Morgan fingerprint density at radius 3 is 2.53 bits per heavy atom. The maximum atomic E-state index is 12.8. The lowest BCUT2D eigenvalue weighted by molar-refractivity contribution is 0.0447. The van der Waals surface area contributed by atoms with Gasteiger partial charge in [0.15, 0.2) is 14.1 Å². The summed E-state index contributed by atoms with van der Waals surface area (Å²) in [5, 5.41) is 8.96. The fourth-order valence-electron chi connectivity index (χ4n) is 5.23. The van der Waals surface area contributed by atoms with Crippen molar-refractivity contribution >= 4 is 25.3 Å². The Bertz CT molecular complexity index is 1650. The lowest BCUT2D eigenvalue weighted by Crippen LogP contribution is -2.48. The first-order chi connectivity index (χ1) is 20.0. The van der Waals surface area contributed by atoms with Crippen LogP contribution in [0.25, 0.3) is 28.0 Å². The quantitative estimate of drug-likeness (QED) is 0.225. The van der Waals surface area contributed by atoms with Crippen molar-refractivity contribution in [3.63, 3.8) is 0 Å². The van der Waals surface area contributed by atoms with Crippen LogP contribution in [0.3, 0.4) is 0 Å². The molecule has 43 heavy (non-hydrogen) atoms. The van der Waals surface area contributed by atoms with E-state index in [0.29, 0.717) is 6.61 Å². The third-order valence-corrected chi connectivity index (χ3v) is 13.1. The Labute approximate surface area is 256 Å². The first-order valence-corrected chi connectivity index (χ1v) is 18.1. The third-order valence-electron chi connectivity index (χ3n) is 8.66. The Morgan fingerprint density at radius 1 is 1.05 bits per heavy atom. The second-order valence-corrected chi connectivity index (χ2v) is 19.2. The van der Waals surface area contributed by atoms with Crippen molar-refractivity contribution < 1.29 is 14.0 Å². The van der Waals surface area contributed by atoms with Gasteiger partial charge in [-0.05, 0) is 94.9 Å². The number of amides is 1. The monoisotopic (exact) mass is 599 g/mol. The van der Waals surface area contributed by atoms with Crippen LogP contribution in [0.4, 0.5) is 4.79 Å². The van der Waals surface area contributed by atoms with E-state index in [2.05, 4.69) is 74.6 Å². The molecule has 1 N–H and O–H groups in total. The molecule has 0 saturated carbocycles. The van der Waals surface area contributed by atoms with Gasteiger partial charge in [0.1, 0.15) is 5.60 Å². The summed E-state index contributed by atoms with van der Waals surface area (Å²) in [5.74, 6) is 0.746. The number of carbonyl (C=O) groups is 1. The number of ether oxygens (including phenoxy) is 1. The number of fused-ring (bicyclic) bond motifs is 2. The van der Waals surface area contributed by atoms with Gasteiger partial charge in [-0.15, -0.1) is 0 Å². The second-order valence-electron chi connectivity index (χ2n) is 14.4. The average molecular weight is 600 g/mol. The number of alkyl carbamates (subject to hydrolysis) is 1. The van der Waals surface area contributed by atoms with Gasteiger partial charge in [0.25, 0.3) is 0 Å². The molecular formula is C34H45N5O3Si. The van der Waals surface area contributed by atoms with Crippen LogP contribution >= 0.6 is 0 Å². The summed E-state index contributed by atoms with van der Waals surface area (Å²) in [6, 6.07) is 16.4. The minimum Gasteiger partial charge on any atom is -0.444 e. The molecule has 228 valence electrons. The van der Waals surface area contributed by atoms with Crippen LogP contribution in [0.2, 0.25) is 18.1 Å². The number of carbonyl (C=O) groups excluding carboxylic acids is 1. The first kappa shape index (κ1) is 30.9. The Kier molecular flexibility index (Phi) is 8.02. The smallest absolute Gasteiger partial charge is 0.408 e. The van der Waals surface area contributed by atoms with E-state index >= 15 is 0 Å². The Hall–Kier alpha value is -3.56. The van der Waals surface area contributed by atoms with Crippen LogP contribution in [0.1, 0.15) is 78.3 Å². The summed E-state index contributed by atoms with van der Waals surface area (Å²) >= 11 is 0. The number of hydrogen-bond acceptors (Lipinski definition) is 6. The summed E-state index contributed by atoms with van der Waals surface area (Å²) in [5.41, 5.74) is 4.51. The predicted octanol–water partition coefficient (Wildman–Crippen LogP) is 8.08. The van der Waals surface area contributed by atoms with Gasteiger partial charge in [0, 0.05) is 10.9 Å². The zero-order valence-corrected chi connectivity index (χ0v) is 28.0. The van der Waals surface area contributed by atoms with E-state index in [0.717, 1.165) is 64.2 Å². The Balaban J connectivity index is 1.45. The van der Waals surface area contributed by atoms with Crippen molar-refractivity contribution in [3.05, 3.63) is 71.7 Å². The molecule has 0 radical (unpaired) electrons. The maximum absolute atomic E-state index is 12.8. The van der Waals surface area contributed by atoms with Crippen molar-refractivity contribution in [2.24, 2.45) is 0 Å². The number of nitrogens with one attached hydrogen (secondary N) is 1. The highest BCUT2D eigenvalue weighted by atomic mass is 28.4. The van der Waals surface area contributed by atoms with Crippen molar-refractivity contribution in [3.8, 4) is 17.1 Å². The molecule has 9 heteroatoms.